The van der Waals surface area contributed by atoms with Crippen molar-refractivity contribution in [1.82, 2.24) is 0 Å². The summed E-state index contributed by atoms with van der Waals surface area (Å²) in [7, 11) is 0. The van der Waals surface area contributed by atoms with E-state index in [0.29, 0.717) is 0 Å². The number of rotatable bonds is 4. The van der Waals surface area contributed by atoms with Gasteiger partial charge in [0.25, 0.3) is 0 Å². The summed E-state index contributed by atoms with van der Waals surface area (Å²) >= 11 is 7.82. The van der Waals surface area contributed by atoms with Crippen LogP contribution in [0.3, 0.4) is 0 Å². The Balaban J connectivity index is 2.53. The summed E-state index contributed by atoms with van der Waals surface area (Å²) in [6.07, 6.45) is 3.32. The number of thioether (sulfide) groups is 1. The van der Waals surface area contributed by atoms with Crippen molar-refractivity contribution in [3.63, 3.8) is 0 Å². The van der Waals surface area contributed by atoms with Crippen molar-refractivity contribution in [2.24, 2.45) is 21.5 Å². The molecule has 0 aromatic rings. The summed E-state index contributed by atoms with van der Waals surface area (Å²) in [5.41, 5.74) is 11.2. The number of aliphatic imine (C=N–C) groups is 2. The average Bonchev–Trinajstić information content (AvgIpc) is 2.13. The molecular formula is C8H15ClN4S. The summed E-state index contributed by atoms with van der Waals surface area (Å²) in [6, 6.07) is 0. The molecule has 0 fully saturated rings. The van der Waals surface area contributed by atoms with Crippen LogP contribution in [-0.4, -0.2) is 28.3 Å². The lowest BCUT2D eigenvalue weighted by Crippen LogP contribution is -2.45. The third-order valence-electron chi connectivity index (χ3n) is 1.87. The van der Waals surface area contributed by atoms with E-state index in [1.54, 1.807) is 18.0 Å². The highest BCUT2D eigenvalue weighted by Crippen LogP contribution is 2.33. The Morgan fingerprint density at radius 1 is 1.71 bits per heavy atom. The quantitative estimate of drug-likeness (QED) is 0.566. The SMILES string of the molecule is CCCCSC1(Cl)C=NC(N)=NC1N. The Kier molecular flexibility index (Phi) is 4.22. The number of alkyl halides is 1. The number of hydrogen-bond donors (Lipinski definition) is 2. The number of nitrogens with two attached hydrogens (primary N) is 2. The third kappa shape index (κ3) is 2.87. The van der Waals surface area contributed by atoms with Gasteiger partial charge >= 0.3 is 0 Å². The van der Waals surface area contributed by atoms with Gasteiger partial charge in [0.1, 0.15) is 6.17 Å². The van der Waals surface area contributed by atoms with Crippen LogP contribution in [0.4, 0.5) is 0 Å². The zero-order valence-electron chi connectivity index (χ0n) is 8.11. The first-order valence-electron chi connectivity index (χ1n) is 4.55. The molecule has 6 heteroatoms. The Bertz CT molecular complexity index is 256. The van der Waals surface area contributed by atoms with Gasteiger partial charge in [-0.1, -0.05) is 24.9 Å². The van der Waals surface area contributed by atoms with E-state index in [-0.39, 0.29) is 5.96 Å². The molecule has 1 aliphatic rings. The van der Waals surface area contributed by atoms with E-state index in [2.05, 4.69) is 16.9 Å². The van der Waals surface area contributed by atoms with Gasteiger partial charge in [-0.3, -0.25) is 0 Å². The van der Waals surface area contributed by atoms with E-state index in [1.807, 2.05) is 0 Å². The van der Waals surface area contributed by atoms with Crippen molar-refractivity contribution in [3.8, 4) is 0 Å². The van der Waals surface area contributed by atoms with Gasteiger partial charge in [0.05, 0.1) is 0 Å². The summed E-state index contributed by atoms with van der Waals surface area (Å²) in [4.78, 5) is 7.82. The maximum Gasteiger partial charge on any atom is 0.216 e. The van der Waals surface area contributed by atoms with Crippen LogP contribution >= 0.6 is 23.4 Å². The van der Waals surface area contributed by atoms with Crippen molar-refractivity contribution in [2.45, 2.75) is 30.1 Å². The Hall–Kier alpha value is -0.260. The predicted octanol–water partition coefficient (Wildman–Crippen LogP) is 1.14. The highest BCUT2D eigenvalue weighted by Gasteiger charge is 2.35. The van der Waals surface area contributed by atoms with Gasteiger partial charge < -0.3 is 11.5 Å². The fourth-order valence-corrected chi connectivity index (χ4v) is 2.42. The second kappa shape index (κ2) is 5.00. The molecule has 0 saturated heterocycles. The van der Waals surface area contributed by atoms with Crippen LogP contribution in [0.5, 0.6) is 0 Å². The van der Waals surface area contributed by atoms with Crippen LogP contribution in [-0.2, 0) is 0 Å². The van der Waals surface area contributed by atoms with Crippen molar-refractivity contribution >= 4 is 35.5 Å². The number of nitrogens with zero attached hydrogens (tertiary/aromatic N) is 2. The molecule has 2 atom stereocenters. The summed E-state index contributed by atoms with van der Waals surface area (Å²) < 4.78 is -0.724. The van der Waals surface area contributed by atoms with Crippen molar-refractivity contribution < 1.29 is 0 Å². The fourth-order valence-electron chi connectivity index (χ4n) is 0.990. The van der Waals surface area contributed by atoms with Crippen LogP contribution in [0.1, 0.15) is 19.8 Å². The molecule has 0 spiro atoms. The summed E-state index contributed by atoms with van der Waals surface area (Å²) in [5, 5.41) is 0. The van der Waals surface area contributed by atoms with Gasteiger partial charge in [-0.05, 0) is 12.2 Å². The van der Waals surface area contributed by atoms with Gasteiger partial charge in [0, 0.05) is 6.21 Å². The molecular weight excluding hydrogens is 220 g/mol. The molecule has 0 aromatic heterocycles. The second-order valence-electron chi connectivity index (χ2n) is 3.09. The standard InChI is InChI=1S/C8H15ClN4S/c1-2-3-4-14-8(9)5-12-7(11)13-6(8)10/h5-6H,2-4,10H2,1H3,(H2,11,13). The maximum atomic E-state index is 6.25. The van der Waals surface area contributed by atoms with E-state index in [1.165, 1.54) is 0 Å². The molecule has 0 radical (unpaired) electrons. The lowest BCUT2D eigenvalue weighted by Gasteiger charge is -2.28. The molecule has 0 aliphatic carbocycles. The smallest absolute Gasteiger partial charge is 0.216 e. The van der Waals surface area contributed by atoms with Gasteiger partial charge in [-0.2, -0.15) is 0 Å². The van der Waals surface area contributed by atoms with E-state index >= 15 is 0 Å². The monoisotopic (exact) mass is 234 g/mol. The van der Waals surface area contributed by atoms with Crippen LogP contribution in [0.2, 0.25) is 0 Å². The third-order valence-corrected chi connectivity index (χ3v) is 3.80. The van der Waals surface area contributed by atoms with Crippen molar-refractivity contribution in [3.05, 3.63) is 0 Å². The number of halogens is 1. The topological polar surface area (TPSA) is 76.8 Å². The molecule has 1 heterocycles. The molecule has 0 amide bonds. The van der Waals surface area contributed by atoms with Gasteiger partial charge in [0.2, 0.25) is 5.96 Å². The number of guanidine groups is 1. The highest BCUT2D eigenvalue weighted by molar-refractivity contribution is 8.02. The molecule has 2 unspecified atom stereocenters. The molecule has 0 bridgehead atoms. The first kappa shape index (κ1) is 11.8. The lowest BCUT2D eigenvalue weighted by atomic mass is 10.3. The van der Waals surface area contributed by atoms with E-state index in [0.717, 1.165) is 18.6 Å². The first-order valence-corrected chi connectivity index (χ1v) is 5.92. The van der Waals surface area contributed by atoms with E-state index in [9.17, 15) is 0 Å². The van der Waals surface area contributed by atoms with E-state index in [4.69, 9.17) is 23.1 Å². The Morgan fingerprint density at radius 3 is 3.00 bits per heavy atom. The lowest BCUT2D eigenvalue weighted by molar-refractivity contribution is 0.711. The largest absolute Gasteiger partial charge is 0.368 e. The summed E-state index contributed by atoms with van der Waals surface area (Å²) in [6.45, 7) is 2.13. The molecule has 80 valence electrons. The average molecular weight is 235 g/mol. The number of unbranched alkanes of at least 4 members (excludes halogenated alkanes) is 1. The van der Waals surface area contributed by atoms with Crippen LogP contribution in [0.15, 0.2) is 9.98 Å². The zero-order chi connectivity index (χ0) is 10.6. The molecule has 14 heavy (non-hydrogen) atoms. The highest BCUT2D eigenvalue weighted by atomic mass is 35.5. The molecule has 0 aromatic carbocycles. The zero-order valence-corrected chi connectivity index (χ0v) is 9.68. The van der Waals surface area contributed by atoms with E-state index < -0.39 is 10.4 Å². The van der Waals surface area contributed by atoms with Gasteiger partial charge in [0.15, 0.2) is 4.21 Å². The minimum absolute atomic E-state index is 0.199. The summed E-state index contributed by atoms with van der Waals surface area (Å²) in [5.74, 6) is 1.15. The van der Waals surface area contributed by atoms with Crippen molar-refractivity contribution in [2.75, 3.05) is 5.75 Å². The normalized spacial score (nSPS) is 31.6. The van der Waals surface area contributed by atoms with Crippen LogP contribution in [0.25, 0.3) is 0 Å². The van der Waals surface area contributed by atoms with Crippen LogP contribution < -0.4 is 11.5 Å². The molecule has 4 nitrogen and oxygen atoms in total. The second-order valence-corrected chi connectivity index (χ2v) is 5.31. The fraction of sp³-hybridized carbons (Fsp3) is 0.750. The Morgan fingerprint density at radius 2 is 2.43 bits per heavy atom. The minimum atomic E-state index is -0.724. The molecule has 0 saturated carbocycles. The van der Waals surface area contributed by atoms with Crippen LogP contribution in [0, 0.1) is 0 Å². The molecule has 1 aliphatic heterocycles. The maximum absolute atomic E-state index is 6.25. The first-order chi connectivity index (χ1) is 6.58. The molecule has 1 rings (SSSR count). The predicted molar refractivity (Wildman–Crippen MR) is 64.0 cm³/mol. The van der Waals surface area contributed by atoms with Gasteiger partial charge in [-0.25, -0.2) is 9.98 Å². The Labute approximate surface area is 93.2 Å². The number of hydrogen-bond acceptors (Lipinski definition) is 5. The molecule has 4 N–H and O–H groups in total. The van der Waals surface area contributed by atoms with Gasteiger partial charge in [-0.15, -0.1) is 11.8 Å². The van der Waals surface area contributed by atoms with Crippen molar-refractivity contribution in [1.29, 1.82) is 0 Å². The minimum Gasteiger partial charge on any atom is -0.368 e.